The Morgan fingerprint density at radius 2 is 2.00 bits per heavy atom. The number of alkyl halides is 3. The molecule has 0 saturated carbocycles. The van der Waals surface area contributed by atoms with E-state index in [2.05, 4.69) is 4.98 Å². The van der Waals surface area contributed by atoms with E-state index in [0.717, 1.165) is 10.7 Å². The van der Waals surface area contributed by atoms with E-state index in [-0.39, 0.29) is 10.7 Å². The van der Waals surface area contributed by atoms with Crippen LogP contribution in [0.15, 0.2) is 18.3 Å². The lowest BCUT2D eigenvalue weighted by Crippen LogP contribution is -2.13. The quantitative estimate of drug-likeness (QED) is 0.856. The van der Waals surface area contributed by atoms with Crippen LogP contribution in [0.2, 0.25) is 5.02 Å². The molecule has 0 fully saturated rings. The van der Waals surface area contributed by atoms with Gasteiger partial charge in [-0.3, -0.25) is 0 Å². The molecule has 9 heteroatoms. The summed E-state index contributed by atoms with van der Waals surface area (Å²) >= 11 is 5.71. The Balaban J connectivity index is 2.77. The summed E-state index contributed by atoms with van der Waals surface area (Å²) in [6, 6.07) is 2.68. The van der Waals surface area contributed by atoms with Crippen LogP contribution in [0.25, 0.3) is 5.65 Å². The topological polar surface area (TPSA) is 51.4 Å². The van der Waals surface area contributed by atoms with Crippen LogP contribution in [-0.2, 0) is 21.8 Å². The molecule has 0 amide bonds. The van der Waals surface area contributed by atoms with E-state index in [0.29, 0.717) is 0 Å². The summed E-state index contributed by atoms with van der Waals surface area (Å²) in [5.74, 6) is -0.761. The third-order valence-electron chi connectivity index (χ3n) is 2.35. The van der Waals surface area contributed by atoms with Gasteiger partial charge >= 0.3 is 6.18 Å². The molecule has 0 unspecified atom stereocenters. The van der Waals surface area contributed by atoms with Gasteiger partial charge < -0.3 is 4.40 Å². The molecule has 2 aromatic rings. The van der Waals surface area contributed by atoms with Crippen molar-refractivity contribution < 1.29 is 21.6 Å². The van der Waals surface area contributed by atoms with Crippen LogP contribution in [0.4, 0.5) is 13.2 Å². The van der Waals surface area contributed by atoms with Crippen molar-refractivity contribution in [3.8, 4) is 0 Å². The number of sulfone groups is 1. The van der Waals surface area contributed by atoms with Gasteiger partial charge in [0.2, 0.25) is 0 Å². The van der Waals surface area contributed by atoms with Gasteiger partial charge in [-0.05, 0) is 12.1 Å². The molecule has 2 aromatic heterocycles. The van der Waals surface area contributed by atoms with E-state index in [1.54, 1.807) is 0 Å². The first kappa shape index (κ1) is 14.1. The fourth-order valence-corrected chi connectivity index (χ4v) is 2.61. The van der Waals surface area contributed by atoms with Crippen LogP contribution in [0.1, 0.15) is 11.4 Å². The molecule has 0 spiro atoms. The second-order valence-electron chi connectivity index (χ2n) is 4.05. The third-order valence-corrected chi connectivity index (χ3v) is 3.37. The van der Waals surface area contributed by atoms with Crippen molar-refractivity contribution in [2.45, 2.75) is 11.9 Å². The smallest absolute Gasteiger partial charge is 0.301 e. The Hall–Kier alpha value is -1.28. The first-order valence-corrected chi connectivity index (χ1v) is 7.43. The van der Waals surface area contributed by atoms with E-state index >= 15 is 0 Å². The van der Waals surface area contributed by atoms with Crippen molar-refractivity contribution in [2.75, 3.05) is 6.26 Å². The lowest BCUT2D eigenvalue weighted by Gasteiger charge is -2.06. The highest BCUT2D eigenvalue weighted by Crippen LogP contribution is 2.33. The first-order chi connectivity index (χ1) is 8.58. The maximum Gasteiger partial charge on any atom is 0.435 e. The van der Waals surface area contributed by atoms with Gasteiger partial charge in [0.1, 0.15) is 5.65 Å². The average molecular weight is 313 g/mol. The van der Waals surface area contributed by atoms with Crippen LogP contribution < -0.4 is 0 Å². The zero-order chi connectivity index (χ0) is 14.4. The van der Waals surface area contributed by atoms with Gasteiger partial charge in [0.15, 0.2) is 15.5 Å². The van der Waals surface area contributed by atoms with Crippen LogP contribution >= 0.6 is 11.6 Å². The Kier molecular flexibility index (Phi) is 3.26. The van der Waals surface area contributed by atoms with Gasteiger partial charge in [-0.1, -0.05) is 11.6 Å². The summed E-state index contributed by atoms with van der Waals surface area (Å²) in [5.41, 5.74) is -1.65. The number of rotatable bonds is 2. The van der Waals surface area contributed by atoms with Crippen molar-refractivity contribution in [1.82, 2.24) is 9.38 Å². The fourth-order valence-electron chi connectivity index (χ4n) is 1.68. The number of imidazole rings is 1. The number of fused-ring (bicyclic) bond motifs is 1. The fraction of sp³-hybridized carbons (Fsp3) is 0.300. The van der Waals surface area contributed by atoms with Crippen molar-refractivity contribution >= 4 is 27.1 Å². The number of hydrogen-bond acceptors (Lipinski definition) is 3. The Bertz CT molecular complexity index is 737. The number of hydrogen-bond donors (Lipinski definition) is 0. The number of halogens is 4. The molecule has 19 heavy (non-hydrogen) atoms. The molecule has 0 radical (unpaired) electrons. The van der Waals surface area contributed by atoms with Gasteiger partial charge in [0.05, 0.1) is 16.5 Å². The van der Waals surface area contributed by atoms with E-state index in [1.165, 1.54) is 18.3 Å². The maximum absolute atomic E-state index is 12.9. The van der Waals surface area contributed by atoms with Crippen LogP contribution in [0.3, 0.4) is 0 Å². The minimum absolute atomic E-state index is 0.00428. The van der Waals surface area contributed by atoms with Crippen molar-refractivity contribution in [3.63, 3.8) is 0 Å². The molecule has 0 aromatic carbocycles. The van der Waals surface area contributed by atoms with Crippen molar-refractivity contribution in [1.29, 1.82) is 0 Å². The highest BCUT2D eigenvalue weighted by molar-refractivity contribution is 7.89. The lowest BCUT2D eigenvalue weighted by molar-refractivity contribution is -0.141. The van der Waals surface area contributed by atoms with E-state index in [9.17, 15) is 21.6 Å². The minimum atomic E-state index is -4.72. The first-order valence-electron chi connectivity index (χ1n) is 4.99. The molecule has 104 valence electrons. The number of aromatic nitrogens is 2. The number of pyridine rings is 1. The van der Waals surface area contributed by atoms with Crippen LogP contribution in [0, 0.1) is 0 Å². The highest BCUT2D eigenvalue weighted by Gasteiger charge is 2.38. The van der Waals surface area contributed by atoms with E-state index in [4.69, 9.17) is 11.6 Å². The Morgan fingerprint density at radius 1 is 1.37 bits per heavy atom. The van der Waals surface area contributed by atoms with Crippen LogP contribution in [-0.4, -0.2) is 24.1 Å². The molecule has 2 rings (SSSR count). The largest absolute Gasteiger partial charge is 0.435 e. The Morgan fingerprint density at radius 3 is 2.53 bits per heavy atom. The van der Waals surface area contributed by atoms with Gasteiger partial charge in [0.25, 0.3) is 0 Å². The minimum Gasteiger partial charge on any atom is -0.301 e. The normalized spacial score (nSPS) is 13.1. The van der Waals surface area contributed by atoms with Crippen molar-refractivity contribution in [3.05, 3.63) is 34.7 Å². The summed E-state index contributed by atoms with van der Waals surface area (Å²) in [7, 11) is -3.64. The van der Waals surface area contributed by atoms with Gasteiger partial charge in [-0.25, -0.2) is 13.4 Å². The molecule has 0 N–H and O–H groups in total. The van der Waals surface area contributed by atoms with E-state index < -0.39 is 33.2 Å². The molecule has 0 aliphatic carbocycles. The second-order valence-corrected chi connectivity index (χ2v) is 6.63. The molecule has 0 atom stereocenters. The molecule has 0 bridgehead atoms. The lowest BCUT2D eigenvalue weighted by atomic mass is 10.3. The third kappa shape index (κ3) is 3.01. The summed E-state index contributed by atoms with van der Waals surface area (Å²) in [6.07, 6.45) is -2.66. The molecule has 0 saturated heterocycles. The van der Waals surface area contributed by atoms with Gasteiger partial charge in [-0.15, -0.1) is 0 Å². The summed E-state index contributed by atoms with van der Waals surface area (Å²) in [6.45, 7) is 0. The molecule has 0 aliphatic heterocycles. The zero-order valence-electron chi connectivity index (χ0n) is 9.57. The summed E-state index contributed by atoms with van der Waals surface area (Å²) < 4.78 is 62.2. The highest BCUT2D eigenvalue weighted by atomic mass is 35.5. The molecule has 0 aliphatic rings. The monoisotopic (exact) mass is 312 g/mol. The van der Waals surface area contributed by atoms with Gasteiger partial charge in [0, 0.05) is 12.5 Å². The molecule has 2 heterocycles. The SMILES string of the molecule is CS(=O)(=O)Cc1c(C(F)(F)F)nc2ccc(Cl)cn12. The summed E-state index contributed by atoms with van der Waals surface area (Å²) in [4.78, 5) is 3.42. The predicted molar refractivity (Wildman–Crippen MR) is 63.8 cm³/mol. The second kappa shape index (κ2) is 4.38. The zero-order valence-corrected chi connectivity index (χ0v) is 11.1. The van der Waals surface area contributed by atoms with E-state index in [1.807, 2.05) is 0 Å². The predicted octanol–water partition coefficient (Wildman–Crippen LogP) is 2.55. The number of nitrogens with zero attached hydrogens (tertiary/aromatic N) is 2. The van der Waals surface area contributed by atoms with Crippen molar-refractivity contribution in [2.24, 2.45) is 0 Å². The maximum atomic E-state index is 12.9. The molecular weight excluding hydrogens is 305 g/mol. The van der Waals surface area contributed by atoms with Crippen LogP contribution in [0.5, 0.6) is 0 Å². The standard InChI is InChI=1S/C10H8ClF3N2O2S/c1-19(17,18)5-7-9(10(12,13)14)15-8-3-2-6(11)4-16(7)8/h2-4H,5H2,1H3. The molecular formula is C10H8ClF3N2O2S. The Labute approximate surface area is 111 Å². The average Bonchev–Trinajstić information content (AvgIpc) is 2.54. The summed E-state index contributed by atoms with van der Waals surface area (Å²) in [5, 5.41) is 0.188. The molecule has 4 nitrogen and oxygen atoms in total. The van der Waals surface area contributed by atoms with Gasteiger partial charge in [-0.2, -0.15) is 13.2 Å².